The van der Waals surface area contributed by atoms with Gasteiger partial charge in [0.1, 0.15) is 0 Å². The van der Waals surface area contributed by atoms with Gasteiger partial charge in [-0.1, -0.05) is 54.6 Å². The number of benzene rings is 2. The molecule has 0 bridgehead atoms. The number of nitrogens with zero attached hydrogens (tertiary/aromatic N) is 2. The molecular formula is C27H35N3O3S. The van der Waals surface area contributed by atoms with E-state index in [0.29, 0.717) is 12.0 Å². The van der Waals surface area contributed by atoms with E-state index in [1.807, 2.05) is 12.1 Å². The molecule has 1 saturated carbocycles. The predicted molar refractivity (Wildman–Crippen MR) is 137 cm³/mol. The molecule has 1 aliphatic carbocycles. The van der Waals surface area contributed by atoms with E-state index in [9.17, 15) is 13.2 Å². The number of amides is 1. The molecule has 2 atom stereocenters. The molecule has 2 aromatic rings. The third-order valence-corrected chi connectivity index (χ3v) is 8.18. The number of sulfonamides is 1. The Bertz CT molecular complexity index is 1090. The molecule has 2 aliphatic rings. The van der Waals surface area contributed by atoms with Crippen molar-refractivity contribution in [2.75, 3.05) is 32.9 Å². The molecular weight excluding hydrogens is 446 g/mol. The number of rotatable bonds is 9. The average molecular weight is 482 g/mol. The van der Waals surface area contributed by atoms with Crippen molar-refractivity contribution < 1.29 is 13.2 Å². The van der Waals surface area contributed by atoms with Crippen molar-refractivity contribution in [2.45, 2.75) is 37.8 Å². The molecule has 1 heterocycles. The van der Waals surface area contributed by atoms with Crippen molar-refractivity contribution in [1.29, 1.82) is 0 Å². The molecule has 34 heavy (non-hydrogen) atoms. The van der Waals surface area contributed by atoms with Crippen LogP contribution in [0.25, 0.3) is 6.08 Å². The normalized spacial score (nSPS) is 21.6. The monoisotopic (exact) mass is 481 g/mol. The quantitative estimate of drug-likeness (QED) is 0.556. The van der Waals surface area contributed by atoms with Gasteiger partial charge < -0.3 is 5.32 Å². The second-order valence-electron chi connectivity index (χ2n) is 9.63. The molecule has 0 spiro atoms. The van der Waals surface area contributed by atoms with Crippen LogP contribution < -0.4 is 5.32 Å². The largest absolute Gasteiger partial charge is 0.313 e. The van der Waals surface area contributed by atoms with E-state index < -0.39 is 15.9 Å². The SMILES string of the molecule is CN(C(=O)C=Cc1ccc(CN2CCC(CN[C@@H]3C[C@H]3c3ccccc3)CC2)cc1)S(C)(=O)=O. The smallest absolute Gasteiger partial charge is 0.259 e. The van der Waals surface area contributed by atoms with Crippen LogP contribution in [0.5, 0.6) is 0 Å². The molecule has 7 heteroatoms. The van der Waals surface area contributed by atoms with Gasteiger partial charge in [0.05, 0.1) is 6.26 Å². The van der Waals surface area contributed by atoms with Crippen molar-refractivity contribution in [3.05, 3.63) is 77.4 Å². The van der Waals surface area contributed by atoms with Crippen molar-refractivity contribution in [3.63, 3.8) is 0 Å². The second-order valence-corrected chi connectivity index (χ2v) is 11.6. The van der Waals surface area contributed by atoms with E-state index >= 15 is 0 Å². The highest BCUT2D eigenvalue weighted by Gasteiger charge is 2.38. The fourth-order valence-corrected chi connectivity index (χ4v) is 4.97. The molecule has 6 nitrogen and oxygen atoms in total. The van der Waals surface area contributed by atoms with Crippen LogP contribution in [-0.2, 0) is 21.4 Å². The minimum atomic E-state index is -3.53. The molecule has 182 valence electrons. The number of hydrogen-bond donors (Lipinski definition) is 1. The summed E-state index contributed by atoms with van der Waals surface area (Å²) in [6, 6.07) is 19.6. The Morgan fingerprint density at radius 3 is 2.41 bits per heavy atom. The van der Waals surface area contributed by atoms with Gasteiger partial charge in [-0.25, -0.2) is 12.7 Å². The molecule has 1 N–H and O–H groups in total. The highest BCUT2D eigenvalue weighted by atomic mass is 32.2. The van der Waals surface area contributed by atoms with E-state index in [4.69, 9.17) is 0 Å². The Balaban J connectivity index is 1.17. The lowest BCUT2D eigenvalue weighted by molar-refractivity contribution is -0.120. The summed E-state index contributed by atoms with van der Waals surface area (Å²) in [4.78, 5) is 14.4. The van der Waals surface area contributed by atoms with E-state index in [1.165, 1.54) is 43.5 Å². The summed E-state index contributed by atoms with van der Waals surface area (Å²) in [5.41, 5.74) is 3.58. The van der Waals surface area contributed by atoms with Crippen molar-refractivity contribution in [1.82, 2.24) is 14.5 Å². The van der Waals surface area contributed by atoms with Crippen LogP contribution in [0.3, 0.4) is 0 Å². The zero-order valence-corrected chi connectivity index (χ0v) is 20.9. The van der Waals surface area contributed by atoms with Gasteiger partial charge in [-0.3, -0.25) is 9.69 Å². The predicted octanol–water partition coefficient (Wildman–Crippen LogP) is 3.48. The Hall–Kier alpha value is -2.48. The first-order valence-electron chi connectivity index (χ1n) is 12.0. The van der Waals surface area contributed by atoms with E-state index in [2.05, 4.69) is 52.7 Å². The summed E-state index contributed by atoms with van der Waals surface area (Å²) in [6.45, 7) is 4.29. The molecule has 2 fully saturated rings. The van der Waals surface area contributed by atoms with E-state index in [-0.39, 0.29) is 0 Å². The Labute approximate surface area is 203 Å². The minimum absolute atomic E-state index is 0.554. The minimum Gasteiger partial charge on any atom is -0.313 e. The molecule has 0 aromatic heterocycles. The number of piperidine rings is 1. The fourth-order valence-electron chi connectivity index (χ4n) is 4.58. The van der Waals surface area contributed by atoms with Crippen LogP contribution in [0, 0.1) is 5.92 Å². The lowest BCUT2D eigenvalue weighted by atomic mass is 9.96. The molecule has 1 aliphatic heterocycles. The molecule has 1 saturated heterocycles. The number of likely N-dealkylation sites (N-methyl/N-ethyl adjacent to an activating group) is 1. The highest BCUT2D eigenvalue weighted by Crippen LogP contribution is 2.40. The lowest BCUT2D eigenvalue weighted by Crippen LogP contribution is -2.37. The fraction of sp³-hybridized carbons (Fsp3) is 0.444. The first kappa shape index (κ1) is 24.6. The number of carbonyl (C=O) groups excluding carboxylic acids is 1. The number of likely N-dealkylation sites (tertiary alicyclic amines) is 1. The molecule has 4 rings (SSSR count). The number of nitrogens with one attached hydrogen (secondary N) is 1. The van der Waals surface area contributed by atoms with Gasteiger partial charge in [0.25, 0.3) is 5.91 Å². The standard InChI is InChI=1S/C27H35N3O3S/c1-29(34(2,32)33)27(31)13-12-21-8-10-23(11-9-21)20-30-16-14-22(15-17-30)19-28-26-18-25(26)24-6-4-3-5-7-24/h3-13,22,25-26,28H,14-20H2,1-2H3/t25-,26+/m0/s1. The van der Waals surface area contributed by atoms with Crippen molar-refractivity contribution >= 4 is 22.0 Å². The molecule has 0 radical (unpaired) electrons. The summed E-state index contributed by atoms with van der Waals surface area (Å²) in [6.07, 6.45) is 7.67. The maximum absolute atomic E-state index is 11.9. The Morgan fingerprint density at radius 2 is 1.76 bits per heavy atom. The zero-order valence-electron chi connectivity index (χ0n) is 20.1. The number of hydrogen-bond acceptors (Lipinski definition) is 5. The van der Waals surface area contributed by atoms with Crippen LogP contribution in [0.4, 0.5) is 0 Å². The summed E-state index contributed by atoms with van der Waals surface area (Å²) >= 11 is 0. The van der Waals surface area contributed by atoms with Crippen LogP contribution in [0.2, 0.25) is 0 Å². The van der Waals surface area contributed by atoms with E-state index in [1.54, 1.807) is 6.08 Å². The van der Waals surface area contributed by atoms with Crippen LogP contribution in [0.15, 0.2) is 60.7 Å². The summed E-state index contributed by atoms with van der Waals surface area (Å²) in [7, 11) is -2.27. The summed E-state index contributed by atoms with van der Waals surface area (Å²) in [5, 5.41) is 3.80. The Morgan fingerprint density at radius 1 is 1.09 bits per heavy atom. The maximum Gasteiger partial charge on any atom is 0.259 e. The van der Waals surface area contributed by atoms with Gasteiger partial charge in [0.2, 0.25) is 10.0 Å². The van der Waals surface area contributed by atoms with Gasteiger partial charge >= 0.3 is 0 Å². The second kappa shape index (κ2) is 10.8. The van der Waals surface area contributed by atoms with E-state index in [0.717, 1.165) is 48.2 Å². The molecule has 2 aromatic carbocycles. The summed E-state index contributed by atoms with van der Waals surface area (Å²) < 4.78 is 23.6. The zero-order chi connectivity index (χ0) is 24.1. The molecule has 0 unspecified atom stereocenters. The van der Waals surface area contributed by atoms with Gasteiger partial charge in [-0.2, -0.15) is 0 Å². The topological polar surface area (TPSA) is 69.7 Å². The van der Waals surface area contributed by atoms with Crippen molar-refractivity contribution in [2.24, 2.45) is 5.92 Å². The average Bonchev–Trinajstić information content (AvgIpc) is 3.62. The van der Waals surface area contributed by atoms with Gasteiger partial charge in [-0.05, 0) is 67.6 Å². The first-order valence-corrected chi connectivity index (χ1v) is 13.9. The lowest BCUT2D eigenvalue weighted by Gasteiger charge is -2.32. The maximum atomic E-state index is 11.9. The third-order valence-electron chi connectivity index (χ3n) is 7.01. The van der Waals surface area contributed by atoms with Crippen LogP contribution in [0.1, 0.15) is 41.9 Å². The molecule has 1 amide bonds. The van der Waals surface area contributed by atoms with Crippen LogP contribution in [-0.4, -0.2) is 62.5 Å². The Kier molecular flexibility index (Phi) is 7.86. The van der Waals surface area contributed by atoms with Crippen LogP contribution >= 0.6 is 0 Å². The highest BCUT2D eigenvalue weighted by molar-refractivity contribution is 7.88. The number of carbonyl (C=O) groups is 1. The van der Waals surface area contributed by atoms with Gasteiger partial charge in [-0.15, -0.1) is 0 Å². The van der Waals surface area contributed by atoms with Gasteiger partial charge in [0.15, 0.2) is 0 Å². The van der Waals surface area contributed by atoms with Crippen molar-refractivity contribution in [3.8, 4) is 0 Å². The summed E-state index contributed by atoms with van der Waals surface area (Å²) in [5.74, 6) is 0.891. The third kappa shape index (κ3) is 6.78. The first-order chi connectivity index (χ1) is 16.3. The van der Waals surface area contributed by atoms with Gasteiger partial charge in [0, 0.05) is 31.6 Å².